The van der Waals surface area contributed by atoms with E-state index in [0.29, 0.717) is 35.6 Å². The Hall–Kier alpha value is -3.58. The second-order valence-corrected chi connectivity index (χ2v) is 7.44. The second-order valence-electron chi connectivity index (χ2n) is 7.44. The van der Waals surface area contributed by atoms with Gasteiger partial charge in [0, 0.05) is 30.1 Å². The number of hydrogen-bond acceptors (Lipinski definition) is 6. The Morgan fingerprint density at radius 1 is 1.10 bits per heavy atom. The lowest BCUT2D eigenvalue weighted by atomic mass is 10.1. The molecule has 7 heteroatoms. The van der Waals surface area contributed by atoms with Crippen molar-refractivity contribution in [2.75, 3.05) is 13.5 Å². The molecule has 160 valence electrons. The third-order valence-electron chi connectivity index (χ3n) is 5.16. The third kappa shape index (κ3) is 5.13. The van der Waals surface area contributed by atoms with Crippen LogP contribution in [-0.4, -0.2) is 36.1 Å². The molecule has 2 N–H and O–H groups in total. The van der Waals surface area contributed by atoms with Crippen LogP contribution in [-0.2, 0) is 11.3 Å². The summed E-state index contributed by atoms with van der Waals surface area (Å²) < 4.78 is 10.6. The summed E-state index contributed by atoms with van der Waals surface area (Å²) in [6.45, 7) is 2.83. The molecule has 0 aliphatic carbocycles. The normalized spacial score (nSPS) is 15.4. The van der Waals surface area contributed by atoms with Crippen LogP contribution in [0.4, 0.5) is 0 Å². The van der Waals surface area contributed by atoms with Gasteiger partial charge < -0.3 is 19.7 Å². The van der Waals surface area contributed by atoms with E-state index in [9.17, 15) is 9.59 Å². The Balaban J connectivity index is 1.27. The summed E-state index contributed by atoms with van der Waals surface area (Å²) >= 11 is 0. The van der Waals surface area contributed by atoms with E-state index in [1.54, 1.807) is 25.1 Å². The molecule has 0 radical (unpaired) electrons. The summed E-state index contributed by atoms with van der Waals surface area (Å²) in [4.78, 5) is 27.2. The van der Waals surface area contributed by atoms with Crippen LogP contribution < -0.4 is 20.1 Å². The van der Waals surface area contributed by atoms with E-state index in [0.717, 1.165) is 0 Å². The van der Waals surface area contributed by atoms with Crippen LogP contribution in [0, 0.1) is 0 Å². The molecule has 1 atom stereocenters. The molecule has 2 aromatic rings. The number of ether oxygens (including phenoxy) is 2. The molecule has 4 rings (SSSR count). The number of benzene rings is 2. The van der Waals surface area contributed by atoms with Crippen molar-refractivity contribution in [2.24, 2.45) is 0 Å². The van der Waals surface area contributed by atoms with Crippen LogP contribution in [0.25, 0.3) is 0 Å². The molecular formula is C24H25N3O4. The molecule has 0 fully saturated rings. The minimum atomic E-state index is -0.463. The number of carbonyl (C=O) groups excluding carboxylic acids is 2. The predicted octanol–water partition coefficient (Wildman–Crippen LogP) is 2.95. The van der Waals surface area contributed by atoms with E-state index in [1.165, 1.54) is 5.56 Å². The molecule has 0 saturated carbocycles. The number of fused-ring (bicyclic) bond motifs is 1. The fourth-order valence-electron chi connectivity index (χ4n) is 3.45. The molecule has 7 nitrogen and oxygen atoms in total. The van der Waals surface area contributed by atoms with Crippen molar-refractivity contribution in [1.82, 2.24) is 15.5 Å². The summed E-state index contributed by atoms with van der Waals surface area (Å²) in [7, 11) is 0. The van der Waals surface area contributed by atoms with Crippen molar-refractivity contribution in [2.45, 2.75) is 25.9 Å². The first-order valence-electron chi connectivity index (χ1n) is 10.2. The first kappa shape index (κ1) is 20.7. The number of nitrogens with zero attached hydrogens (tertiary/aromatic N) is 1. The molecule has 2 heterocycles. The number of hydrogen-bond donors (Lipinski definition) is 2. The predicted molar refractivity (Wildman–Crippen MR) is 116 cm³/mol. The number of allylic oxidation sites excluding steroid dienone is 1. The topological polar surface area (TPSA) is 79.9 Å². The Morgan fingerprint density at radius 3 is 2.74 bits per heavy atom. The van der Waals surface area contributed by atoms with Crippen LogP contribution in [0.2, 0.25) is 0 Å². The van der Waals surface area contributed by atoms with Gasteiger partial charge in [0.1, 0.15) is 0 Å². The average molecular weight is 419 g/mol. The lowest BCUT2D eigenvalue weighted by Crippen LogP contribution is -2.42. The minimum absolute atomic E-state index is 0.0820. The Labute approximate surface area is 181 Å². The van der Waals surface area contributed by atoms with Gasteiger partial charge in [0.15, 0.2) is 17.3 Å². The maximum Gasteiger partial charge on any atom is 0.249 e. The SMILES string of the molecule is CC(NCNC(=O)C1=CN(Cc2ccccc2)C=CC1)C(=O)c1ccc2c(c1)OCO2. The second kappa shape index (κ2) is 9.49. The summed E-state index contributed by atoms with van der Waals surface area (Å²) in [5.74, 6) is 0.975. The van der Waals surface area contributed by atoms with Crippen molar-refractivity contribution < 1.29 is 19.1 Å². The zero-order chi connectivity index (χ0) is 21.6. The number of nitrogens with one attached hydrogen (secondary N) is 2. The van der Waals surface area contributed by atoms with Gasteiger partial charge in [0.05, 0.1) is 12.7 Å². The van der Waals surface area contributed by atoms with E-state index in [4.69, 9.17) is 9.47 Å². The molecule has 31 heavy (non-hydrogen) atoms. The van der Waals surface area contributed by atoms with Gasteiger partial charge in [-0.25, -0.2) is 0 Å². The summed E-state index contributed by atoms with van der Waals surface area (Å²) in [5.41, 5.74) is 2.38. The third-order valence-corrected chi connectivity index (χ3v) is 5.16. The van der Waals surface area contributed by atoms with Crippen molar-refractivity contribution in [3.05, 3.63) is 83.7 Å². The summed E-state index contributed by atoms with van der Waals surface area (Å²) in [6, 6.07) is 14.8. The minimum Gasteiger partial charge on any atom is -0.454 e. The maximum absolute atomic E-state index is 12.6. The summed E-state index contributed by atoms with van der Waals surface area (Å²) in [6.07, 6.45) is 6.39. The van der Waals surface area contributed by atoms with Gasteiger partial charge in [0.25, 0.3) is 0 Å². The largest absolute Gasteiger partial charge is 0.454 e. The molecule has 0 saturated heterocycles. The quantitative estimate of drug-likeness (QED) is 0.506. The van der Waals surface area contributed by atoms with Crippen LogP contribution in [0.15, 0.2) is 72.6 Å². The number of ketones is 1. The number of rotatable bonds is 8. The number of Topliss-reactive ketones (excluding diaryl/α,β-unsaturated/α-hetero) is 1. The van der Waals surface area contributed by atoms with E-state index in [2.05, 4.69) is 22.8 Å². The van der Waals surface area contributed by atoms with E-state index in [-0.39, 0.29) is 25.2 Å². The highest BCUT2D eigenvalue weighted by Crippen LogP contribution is 2.32. The average Bonchev–Trinajstić information content (AvgIpc) is 3.27. The smallest absolute Gasteiger partial charge is 0.249 e. The first-order chi connectivity index (χ1) is 15.1. The van der Waals surface area contributed by atoms with Gasteiger partial charge in [-0.1, -0.05) is 36.4 Å². The van der Waals surface area contributed by atoms with Gasteiger partial charge in [-0.2, -0.15) is 0 Å². The molecule has 2 aliphatic rings. The molecule has 0 spiro atoms. The van der Waals surface area contributed by atoms with Gasteiger partial charge in [-0.05, 0) is 37.1 Å². The van der Waals surface area contributed by atoms with Gasteiger partial charge in [0.2, 0.25) is 12.7 Å². The fourth-order valence-corrected chi connectivity index (χ4v) is 3.45. The molecule has 1 unspecified atom stereocenters. The molecule has 2 aliphatic heterocycles. The summed E-state index contributed by atoms with van der Waals surface area (Å²) in [5, 5.41) is 5.90. The van der Waals surface area contributed by atoms with Crippen LogP contribution in [0.5, 0.6) is 11.5 Å². The van der Waals surface area contributed by atoms with Crippen LogP contribution in [0.3, 0.4) is 0 Å². The lowest BCUT2D eigenvalue weighted by Gasteiger charge is -2.21. The highest BCUT2D eigenvalue weighted by atomic mass is 16.7. The van der Waals surface area contributed by atoms with Crippen LogP contribution in [0.1, 0.15) is 29.3 Å². The molecular weight excluding hydrogens is 394 g/mol. The highest BCUT2D eigenvalue weighted by molar-refractivity contribution is 6.00. The van der Waals surface area contributed by atoms with E-state index >= 15 is 0 Å². The molecule has 0 aromatic heterocycles. The maximum atomic E-state index is 12.6. The van der Waals surface area contributed by atoms with Crippen molar-refractivity contribution >= 4 is 11.7 Å². The standard InChI is InChI=1S/C24H25N3O4/c1-17(23(28)19-9-10-21-22(12-19)31-16-30-21)25-15-26-24(29)20-8-5-11-27(14-20)13-18-6-3-2-4-7-18/h2-7,9-12,14,17,25H,8,13,15-16H2,1H3,(H,26,29). The molecule has 2 aromatic carbocycles. The number of carbonyl (C=O) groups is 2. The van der Waals surface area contributed by atoms with Crippen molar-refractivity contribution in [1.29, 1.82) is 0 Å². The Kier molecular flexibility index (Phi) is 6.33. The fraction of sp³-hybridized carbons (Fsp3) is 0.250. The zero-order valence-corrected chi connectivity index (χ0v) is 17.3. The molecule has 1 amide bonds. The van der Waals surface area contributed by atoms with E-state index < -0.39 is 6.04 Å². The van der Waals surface area contributed by atoms with Gasteiger partial charge >= 0.3 is 0 Å². The first-order valence-corrected chi connectivity index (χ1v) is 10.2. The number of amides is 1. The van der Waals surface area contributed by atoms with Gasteiger partial charge in [-0.3, -0.25) is 14.9 Å². The van der Waals surface area contributed by atoms with Crippen LogP contribution >= 0.6 is 0 Å². The monoisotopic (exact) mass is 419 g/mol. The Bertz CT molecular complexity index is 1020. The van der Waals surface area contributed by atoms with Crippen molar-refractivity contribution in [3.8, 4) is 11.5 Å². The Morgan fingerprint density at radius 2 is 1.90 bits per heavy atom. The molecule has 0 bridgehead atoms. The lowest BCUT2D eigenvalue weighted by molar-refractivity contribution is -0.117. The zero-order valence-electron chi connectivity index (χ0n) is 17.3. The highest BCUT2D eigenvalue weighted by Gasteiger charge is 2.20. The van der Waals surface area contributed by atoms with Gasteiger partial charge in [-0.15, -0.1) is 0 Å². The van der Waals surface area contributed by atoms with E-state index in [1.807, 2.05) is 41.6 Å². The van der Waals surface area contributed by atoms with Crippen molar-refractivity contribution in [3.63, 3.8) is 0 Å².